The van der Waals surface area contributed by atoms with Crippen molar-refractivity contribution in [3.63, 3.8) is 0 Å². The number of carbonyl (C=O) groups excluding carboxylic acids is 1. The third-order valence-electron chi connectivity index (χ3n) is 6.43. The van der Waals surface area contributed by atoms with E-state index in [-0.39, 0.29) is 30.3 Å². The average Bonchev–Trinajstić information content (AvgIpc) is 3.11. The van der Waals surface area contributed by atoms with Crippen LogP contribution in [0.4, 0.5) is 0 Å². The number of aryl methyl sites for hydroxylation is 1. The zero-order valence-corrected chi connectivity index (χ0v) is 20.9. The summed E-state index contributed by atoms with van der Waals surface area (Å²) in [6.07, 6.45) is -0.112. The number of rotatable bonds is 8. The number of fused-ring (bicyclic) bond motifs is 1. The molecule has 1 saturated heterocycles. The highest BCUT2D eigenvalue weighted by Gasteiger charge is 2.58. The van der Waals surface area contributed by atoms with Gasteiger partial charge < -0.3 is 24.3 Å². The predicted molar refractivity (Wildman–Crippen MR) is 130 cm³/mol. The van der Waals surface area contributed by atoms with Gasteiger partial charge in [0.1, 0.15) is 6.10 Å². The minimum absolute atomic E-state index is 0.00784. The fraction of sp³-hybridized carbons (Fsp3) is 0.536. The van der Waals surface area contributed by atoms with Crippen LogP contribution in [0.1, 0.15) is 57.2 Å². The summed E-state index contributed by atoms with van der Waals surface area (Å²) in [5.41, 5.74) is 2.22. The second-order valence-electron chi connectivity index (χ2n) is 10.3. The van der Waals surface area contributed by atoms with Crippen LogP contribution in [0, 0.1) is 6.92 Å². The number of hydrogen-bond acceptors (Lipinski definition) is 5. The Bertz CT molecular complexity index is 959. The lowest BCUT2D eigenvalue weighted by Crippen LogP contribution is -2.60. The Morgan fingerprint density at radius 1 is 1.00 bits per heavy atom. The summed E-state index contributed by atoms with van der Waals surface area (Å²) in [5, 5.41) is 3.07. The molecule has 1 heterocycles. The summed E-state index contributed by atoms with van der Waals surface area (Å²) in [5.74, 6) is -0.876. The van der Waals surface area contributed by atoms with E-state index in [9.17, 15) is 4.79 Å². The summed E-state index contributed by atoms with van der Waals surface area (Å²) in [7, 11) is 0. The molecule has 2 aliphatic rings. The van der Waals surface area contributed by atoms with Crippen molar-refractivity contribution in [2.75, 3.05) is 0 Å². The van der Waals surface area contributed by atoms with Crippen molar-refractivity contribution in [1.29, 1.82) is 0 Å². The third-order valence-corrected chi connectivity index (χ3v) is 6.43. The van der Waals surface area contributed by atoms with E-state index in [1.54, 1.807) is 0 Å². The largest absolute Gasteiger partial charge is 0.371 e. The van der Waals surface area contributed by atoms with Gasteiger partial charge in [-0.2, -0.15) is 0 Å². The van der Waals surface area contributed by atoms with Crippen molar-refractivity contribution in [3.05, 3.63) is 71.3 Å². The van der Waals surface area contributed by atoms with Crippen molar-refractivity contribution in [3.8, 4) is 0 Å². The second-order valence-corrected chi connectivity index (χ2v) is 10.3. The van der Waals surface area contributed by atoms with Gasteiger partial charge in [0.25, 0.3) is 5.91 Å². The zero-order chi connectivity index (χ0) is 24.3. The molecule has 0 unspecified atom stereocenters. The molecule has 184 valence electrons. The predicted octanol–water partition coefficient (Wildman–Crippen LogP) is 4.67. The van der Waals surface area contributed by atoms with Crippen molar-refractivity contribution in [2.24, 2.45) is 0 Å². The highest BCUT2D eigenvalue weighted by Crippen LogP contribution is 2.44. The Kier molecular flexibility index (Phi) is 7.43. The molecule has 0 aromatic heterocycles. The monoisotopic (exact) mass is 467 g/mol. The van der Waals surface area contributed by atoms with Gasteiger partial charge in [-0.1, -0.05) is 60.2 Å². The first-order chi connectivity index (χ1) is 16.2. The number of nitrogens with one attached hydrogen (secondary N) is 1. The number of amides is 1. The van der Waals surface area contributed by atoms with Crippen LogP contribution in [0.2, 0.25) is 0 Å². The molecule has 4 atom stereocenters. The van der Waals surface area contributed by atoms with Crippen LogP contribution in [-0.4, -0.2) is 41.6 Å². The highest BCUT2D eigenvalue weighted by molar-refractivity contribution is 5.85. The second kappa shape index (κ2) is 10.2. The van der Waals surface area contributed by atoms with E-state index in [0.29, 0.717) is 26.1 Å². The van der Waals surface area contributed by atoms with E-state index in [1.165, 1.54) is 5.56 Å². The number of carbonyl (C=O) groups is 1. The maximum absolute atomic E-state index is 13.6. The third kappa shape index (κ3) is 5.87. The van der Waals surface area contributed by atoms with E-state index < -0.39 is 11.4 Å². The van der Waals surface area contributed by atoms with Crippen molar-refractivity contribution in [1.82, 2.24) is 5.32 Å². The number of hydrogen-bond donors (Lipinski definition) is 1. The summed E-state index contributed by atoms with van der Waals surface area (Å²) in [6, 6.07) is 18.2. The molecule has 1 N–H and O–H groups in total. The Labute approximate surface area is 202 Å². The molecule has 1 aliphatic carbocycles. The normalized spacial score (nSPS) is 28.0. The van der Waals surface area contributed by atoms with E-state index in [4.69, 9.17) is 18.9 Å². The zero-order valence-electron chi connectivity index (χ0n) is 20.9. The van der Waals surface area contributed by atoms with Crippen LogP contribution >= 0.6 is 0 Å². The lowest BCUT2D eigenvalue weighted by molar-refractivity contribution is -0.183. The maximum Gasteiger partial charge on any atom is 0.252 e. The SMILES string of the molecule is Cc1ccc(CO[C@H]2C[C@](OCc3ccccc3)(C(=O)NC(C)C)C[C@H]3OC(C)(C)O[C@@H]23)cc1. The standard InChI is InChI=1S/C28H37NO5/c1-19(2)29-26(30)28(32-18-21-9-7-6-8-10-21)15-23(25-24(16-28)33-27(4,5)34-25)31-17-22-13-11-20(3)12-14-22/h6-14,19,23-25H,15-18H2,1-5H3,(H,29,30)/t23-,24+,25-,28+/m0/s1. The Balaban J connectivity index is 1.59. The molecule has 0 radical (unpaired) electrons. The van der Waals surface area contributed by atoms with Gasteiger partial charge in [0.2, 0.25) is 0 Å². The molecule has 0 spiro atoms. The fourth-order valence-corrected chi connectivity index (χ4v) is 4.79. The first-order valence-corrected chi connectivity index (χ1v) is 12.2. The molecule has 6 nitrogen and oxygen atoms in total. The summed E-state index contributed by atoms with van der Waals surface area (Å²) in [6.45, 7) is 10.5. The average molecular weight is 468 g/mol. The Morgan fingerprint density at radius 2 is 1.68 bits per heavy atom. The molecule has 2 aromatic carbocycles. The Morgan fingerprint density at radius 3 is 2.35 bits per heavy atom. The minimum atomic E-state index is -1.08. The van der Waals surface area contributed by atoms with Gasteiger partial charge in [-0.15, -0.1) is 0 Å². The van der Waals surface area contributed by atoms with Gasteiger partial charge >= 0.3 is 0 Å². The molecule has 34 heavy (non-hydrogen) atoms. The molecule has 0 bridgehead atoms. The lowest BCUT2D eigenvalue weighted by Gasteiger charge is -2.43. The molecular weight excluding hydrogens is 430 g/mol. The van der Waals surface area contributed by atoms with Crippen LogP contribution in [0.5, 0.6) is 0 Å². The van der Waals surface area contributed by atoms with Crippen molar-refractivity contribution < 1.29 is 23.7 Å². The van der Waals surface area contributed by atoms with E-state index >= 15 is 0 Å². The van der Waals surface area contributed by atoms with Gasteiger partial charge in [-0.05, 0) is 45.7 Å². The van der Waals surface area contributed by atoms with Crippen LogP contribution in [-0.2, 0) is 37.0 Å². The molecule has 4 rings (SSSR count). The van der Waals surface area contributed by atoms with Gasteiger partial charge in [0.05, 0.1) is 25.4 Å². The Hall–Kier alpha value is -2.25. The smallest absolute Gasteiger partial charge is 0.252 e. The van der Waals surface area contributed by atoms with Gasteiger partial charge in [-0.3, -0.25) is 4.79 Å². The van der Waals surface area contributed by atoms with Crippen molar-refractivity contribution >= 4 is 5.91 Å². The molecular formula is C28H37NO5. The molecule has 2 fully saturated rings. The molecule has 1 amide bonds. The maximum atomic E-state index is 13.6. The molecule has 2 aromatic rings. The van der Waals surface area contributed by atoms with E-state index in [2.05, 4.69) is 36.5 Å². The van der Waals surface area contributed by atoms with Gasteiger partial charge in [0, 0.05) is 18.9 Å². The number of ether oxygens (including phenoxy) is 4. The summed E-state index contributed by atoms with van der Waals surface area (Å²) < 4.78 is 25.4. The minimum Gasteiger partial charge on any atom is -0.371 e. The lowest BCUT2D eigenvalue weighted by atomic mass is 9.78. The molecule has 6 heteroatoms. The topological polar surface area (TPSA) is 66.0 Å². The van der Waals surface area contributed by atoms with Gasteiger partial charge in [0.15, 0.2) is 11.4 Å². The van der Waals surface area contributed by atoms with Crippen molar-refractivity contribution in [2.45, 2.75) is 96.4 Å². The summed E-state index contributed by atoms with van der Waals surface area (Å²) >= 11 is 0. The fourth-order valence-electron chi connectivity index (χ4n) is 4.79. The van der Waals surface area contributed by atoms with Crippen LogP contribution in [0.3, 0.4) is 0 Å². The van der Waals surface area contributed by atoms with Crippen LogP contribution < -0.4 is 5.32 Å². The van der Waals surface area contributed by atoms with Crippen LogP contribution in [0.25, 0.3) is 0 Å². The van der Waals surface area contributed by atoms with Gasteiger partial charge in [-0.25, -0.2) is 0 Å². The number of benzene rings is 2. The van der Waals surface area contributed by atoms with E-state index in [1.807, 2.05) is 58.0 Å². The molecule has 1 saturated carbocycles. The van der Waals surface area contributed by atoms with E-state index in [0.717, 1.165) is 11.1 Å². The molecule has 1 aliphatic heterocycles. The highest BCUT2D eigenvalue weighted by atomic mass is 16.8. The first-order valence-electron chi connectivity index (χ1n) is 12.2. The first kappa shape index (κ1) is 24.9. The summed E-state index contributed by atoms with van der Waals surface area (Å²) in [4.78, 5) is 13.6. The van der Waals surface area contributed by atoms with Crippen LogP contribution in [0.15, 0.2) is 54.6 Å². The quantitative estimate of drug-likeness (QED) is 0.611.